The van der Waals surface area contributed by atoms with Crippen molar-refractivity contribution < 1.29 is 23.7 Å². The Labute approximate surface area is 372 Å². The van der Waals surface area contributed by atoms with E-state index < -0.39 is 5.60 Å². The largest absolute Gasteiger partial charge is 0.496 e. The number of aromatic nitrogens is 6. The van der Waals surface area contributed by atoms with E-state index in [1.165, 1.54) is 0 Å². The molecule has 0 atom stereocenters. The van der Waals surface area contributed by atoms with E-state index in [-0.39, 0.29) is 12.5 Å². The van der Waals surface area contributed by atoms with E-state index in [9.17, 15) is 4.79 Å². The normalized spacial score (nSPS) is 10.7. The van der Waals surface area contributed by atoms with E-state index in [1.807, 2.05) is 82.3 Å². The second-order valence-electron chi connectivity index (χ2n) is 13.2. The lowest BCUT2D eigenvalue weighted by molar-refractivity contribution is -0.153. The number of carbonyl (C=O) groups is 1. The number of esters is 1. The van der Waals surface area contributed by atoms with Crippen molar-refractivity contribution in [2.24, 2.45) is 0 Å². The van der Waals surface area contributed by atoms with Gasteiger partial charge in [-0.2, -0.15) is 0 Å². The highest BCUT2D eigenvalue weighted by molar-refractivity contribution is 9.11. The topological polar surface area (TPSA) is 143 Å². The number of halogens is 4. The standard InChI is InChI=1S/C18H22BrN3O3.C12H10Br2N2O.C12H11BrN2O/c1-18(2,3)25-16(23)11-20-8-13-6-5-12(7-15(13)24-4)17-21-9-14(19)10-22-17;1-17-11-4-8(2-3-9(11)5-13)12-15-6-10(14)7-16-12;1-8-3-4-9(5-11(8)16-2)12-14-6-10(13)7-15-12/h5-7,9-10,20H,8,11H2,1-4H3;2-4,6-7H,5H2,1H3;3-7H,1-2H3. The van der Waals surface area contributed by atoms with Gasteiger partial charge in [0.25, 0.3) is 0 Å². The van der Waals surface area contributed by atoms with Crippen LogP contribution < -0.4 is 19.5 Å². The van der Waals surface area contributed by atoms with Crippen LogP contribution in [0, 0.1) is 6.92 Å². The Kier molecular flexibility index (Phi) is 18.1. The van der Waals surface area contributed by atoms with Gasteiger partial charge in [0.05, 0.1) is 41.3 Å². The highest BCUT2D eigenvalue weighted by Gasteiger charge is 2.16. The molecule has 3 aromatic carbocycles. The summed E-state index contributed by atoms with van der Waals surface area (Å²) in [5.74, 6) is 4.12. The Hall–Kier alpha value is -4.35. The number of nitrogens with one attached hydrogen (secondary N) is 1. The van der Waals surface area contributed by atoms with Crippen molar-refractivity contribution in [2.45, 2.75) is 45.2 Å². The third kappa shape index (κ3) is 14.5. The first kappa shape index (κ1) is 46.3. The molecule has 0 fully saturated rings. The van der Waals surface area contributed by atoms with Crippen LogP contribution in [0.15, 0.2) is 105 Å². The lowest BCUT2D eigenvalue weighted by atomic mass is 10.1. The maximum absolute atomic E-state index is 11.7. The summed E-state index contributed by atoms with van der Waals surface area (Å²) in [6.07, 6.45) is 10.3. The lowest BCUT2D eigenvalue weighted by Gasteiger charge is -2.19. The summed E-state index contributed by atoms with van der Waals surface area (Å²) in [6, 6.07) is 17.6. The minimum Gasteiger partial charge on any atom is -0.496 e. The Bertz CT molecular complexity index is 2240. The predicted molar refractivity (Wildman–Crippen MR) is 240 cm³/mol. The third-order valence-corrected chi connectivity index (χ3v) is 9.60. The SMILES string of the molecule is COc1cc(-c2ncc(Br)cn2)ccc1C.COc1cc(-c2ncc(Br)cn2)ccc1CBr.COc1cc(-c2ncc(Br)cn2)ccc1CNCC(=O)OC(C)(C)C. The summed E-state index contributed by atoms with van der Waals surface area (Å²) in [5, 5.41) is 3.84. The molecule has 0 saturated heterocycles. The van der Waals surface area contributed by atoms with Crippen LogP contribution in [0.4, 0.5) is 0 Å². The van der Waals surface area contributed by atoms with E-state index in [0.29, 0.717) is 29.8 Å². The van der Waals surface area contributed by atoms with Crippen LogP contribution in [0.3, 0.4) is 0 Å². The number of rotatable bonds is 11. The smallest absolute Gasteiger partial charge is 0.320 e. The molecule has 0 aliphatic heterocycles. The number of carbonyl (C=O) groups excluding carboxylic acids is 1. The van der Waals surface area contributed by atoms with Gasteiger partial charge >= 0.3 is 5.97 Å². The maximum atomic E-state index is 11.7. The fraction of sp³-hybridized carbons (Fsp3) is 0.262. The van der Waals surface area contributed by atoms with Gasteiger partial charge in [-0.15, -0.1) is 0 Å². The summed E-state index contributed by atoms with van der Waals surface area (Å²) in [7, 11) is 4.93. The quantitative estimate of drug-likeness (QED) is 0.0975. The molecular formula is C42H43Br4N7O5. The van der Waals surface area contributed by atoms with Crippen molar-refractivity contribution in [3.8, 4) is 51.4 Å². The first-order valence-electron chi connectivity index (χ1n) is 17.6. The summed E-state index contributed by atoms with van der Waals surface area (Å²) in [5.41, 5.74) is 5.42. The highest BCUT2D eigenvalue weighted by atomic mass is 79.9. The predicted octanol–water partition coefficient (Wildman–Crippen LogP) is 10.4. The van der Waals surface area contributed by atoms with Gasteiger partial charge in [-0.3, -0.25) is 4.79 Å². The van der Waals surface area contributed by atoms with Crippen molar-refractivity contribution in [1.82, 2.24) is 35.2 Å². The van der Waals surface area contributed by atoms with Crippen LogP contribution in [0.1, 0.15) is 37.5 Å². The number of methoxy groups -OCH3 is 3. The van der Waals surface area contributed by atoms with E-state index in [1.54, 1.807) is 58.5 Å². The summed E-state index contributed by atoms with van der Waals surface area (Å²) >= 11 is 13.4. The molecule has 0 aliphatic carbocycles. The third-order valence-electron chi connectivity index (χ3n) is 7.77. The fourth-order valence-electron chi connectivity index (χ4n) is 5.04. The molecule has 0 aliphatic rings. The number of hydrogen-bond acceptors (Lipinski definition) is 12. The molecule has 0 saturated carbocycles. The summed E-state index contributed by atoms with van der Waals surface area (Å²) in [6.45, 7) is 8.16. The molecule has 0 amide bonds. The van der Waals surface area contributed by atoms with Gasteiger partial charge in [-0.1, -0.05) is 52.3 Å². The van der Waals surface area contributed by atoms with Gasteiger partial charge in [0, 0.05) is 76.9 Å². The number of nitrogens with zero attached hydrogens (tertiary/aromatic N) is 6. The van der Waals surface area contributed by atoms with Crippen LogP contribution in [0.2, 0.25) is 0 Å². The molecule has 12 nitrogen and oxygen atoms in total. The second kappa shape index (κ2) is 22.7. The minimum absolute atomic E-state index is 0.137. The molecule has 0 spiro atoms. The Morgan fingerprint density at radius 2 is 0.983 bits per heavy atom. The zero-order valence-electron chi connectivity index (χ0n) is 33.0. The molecule has 16 heteroatoms. The van der Waals surface area contributed by atoms with Crippen molar-refractivity contribution >= 4 is 69.7 Å². The van der Waals surface area contributed by atoms with Gasteiger partial charge in [-0.25, -0.2) is 29.9 Å². The van der Waals surface area contributed by atoms with E-state index in [4.69, 9.17) is 18.9 Å². The highest BCUT2D eigenvalue weighted by Crippen LogP contribution is 2.28. The number of ether oxygens (including phenoxy) is 4. The molecule has 1 N–H and O–H groups in total. The van der Waals surface area contributed by atoms with Gasteiger partial charge in [0.1, 0.15) is 22.8 Å². The molecule has 3 heterocycles. The second-order valence-corrected chi connectivity index (χ2v) is 16.5. The minimum atomic E-state index is -0.483. The average molecular weight is 1050 g/mol. The van der Waals surface area contributed by atoms with Crippen LogP contribution in [-0.4, -0.2) is 69.3 Å². The molecule has 304 valence electrons. The van der Waals surface area contributed by atoms with Crippen LogP contribution in [0.5, 0.6) is 17.2 Å². The number of hydrogen-bond donors (Lipinski definition) is 1. The number of aryl methyl sites for hydroxylation is 1. The fourth-order valence-corrected chi connectivity index (χ4v) is 6.12. The van der Waals surface area contributed by atoms with Crippen molar-refractivity contribution in [3.05, 3.63) is 122 Å². The van der Waals surface area contributed by atoms with Crippen LogP contribution >= 0.6 is 63.7 Å². The molecular weight excluding hydrogens is 1000 g/mol. The van der Waals surface area contributed by atoms with E-state index in [2.05, 4.69) is 98.9 Å². The lowest BCUT2D eigenvalue weighted by Crippen LogP contribution is -2.31. The zero-order valence-corrected chi connectivity index (χ0v) is 39.4. The molecule has 0 radical (unpaired) electrons. The molecule has 3 aromatic heterocycles. The van der Waals surface area contributed by atoms with Gasteiger partial charge in [0.2, 0.25) is 0 Å². The molecule has 58 heavy (non-hydrogen) atoms. The number of benzene rings is 3. The molecule has 6 aromatic rings. The summed E-state index contributed by atoms with van der Waals surface area (Å²) < 4.78 is 23.9. The van der Waals surface area contributed by atoms with Gasteiger partial charge in [-0.05, 0) is 99.2 Å². The van der Waals surface area contributed by atoms with Crippen LogP contribution in [-0.2, 0) is 21.4 Å². The van der Waals surface area contributed by atoms with Crippen LogP contribution in [0.25, 0.3) is 34.2 Å². The number of alkyl halides is 1. The first-order valence-corrected chi connectivity index (χ1v) is 21.1. The monoisotopic (exact) mass is 1040 g/mol. The Morgan fingerprint density at radius 3 is 1.38 bits per heavy atom. The Balaban J connectivity index is 0.000000199. The summed E-state index contributed by atoms with van der Waals surface area (Å²) in [4.78, 5) is 37.3. The first-order chi connectivity index (χ1) is 27.7. The van der Waals surface area contributed by atoms with E-state index in [0.717, 1.165) is 63.6 Å². The van der Waals surface area contributed by atoms with Gasteiger partial charge in [0.15, 0.2) is 17.5 Å². The maximum Gasteiger partial charge on any atom is 0.320 e. The molecule has 6 rings (SSSR count). The molecule has 0 bridgehead atoms. The van der Waals surface area contributed by atoms with E-state index >= 15 is 0 Å². The van der Waals surface area contributed by atoms with Crippen molar-refractivity contribution in [2.75, 3.05) is 27.9 Å². The zero-order chi connectivity index (χ0) is 42.2. The average Bonchev–Trinajstić information content (AvgIpc) is 3.21. The van der Waals surface area contributed by atoms with Crippen molar-refractivity contribution in [3.63, 3.8) is 0 Å². The molecule has 0 unspecified atom stereocenters. The van der Waals surface area contributed by atoms with Crippen molar-refractivity contribution in [1.29, 1.82) is 0 Å². The Morgan fingerprint density at radius 1 is 0.603 bits per heavy atom. The van der Waals surface area contributed by atoms with Gasteiger partial charge < -0.3 is 24.3 Å².